The molecule has 0 aromatic heterocycles. The molecule has 0 bridgehead atoms. The molecule has 1 rings (SSSR count). The van der Waals surface area contributed by atoms with Crippen LogP contribution in [0.5, 0.6) is 0 Å². The Morgan fingerprint density at radius 2 is 1.64 bits per heavy atom. The molecule has 0 fully saturated rings. The molecule has 0 spiro atoms. The van der Waals surface area contributed by atoms with Gasteiger partial charge in [0.1, 0.15) is 0 Å². The van der Waals surface area contributed by atoms with E-state index >= 15 is 0 Å². The fraction of sp³-hybridized carbons (Fsp3) is 0. The predicted molar refractivity (Wildman–Crippen MR) is 38.9 cm³/mol. The minimum Gasteiger partial charge on any atom is -1.00 e. The van der Waals surface area contributed by atoms with E-state index in [1.54, 1.807) is 18.2 Å². The smallest absolute Gasteiger partial charge is 1.00 e. The van der Waals surface area contributed by atoms with Crippen molar-refractivity contribution < 1.29 is 28.7 Å². The zero-order chi connectivity index (χ0) is 7.61. The van der Waals surface area contributed by atoms with Gasteiger partial charge >= 0.3 is 18.9 Å². The van der Waals surface area contributed by atoms with Crippen molar-refractivity contribution in [1.29, 1.82) is 0 Å². The summed E-state index contributed by atoms with van der Waals surface area (Å²) in [6.07, 6.45) is 0. The summed E-state index contributed by atoms with van der Waals surface area (Å²) in [6, 6.07) is 7.89. The number of sulfonamides is 1. The first-order chi connectivity index (χ1) is 4.61. The molecule has 0 radical (unpaired) electrons. The standard InChI is InChI=1S/C6H7NO2S.Li.H/c7-10(8,9)6-4-2-1-3-5-6;;/h1-5H,(H2,7,8,9);;/q;+1;-1. The normalized spacial score (nSPS) is 10.3. The molecule has 0 saturated heterocycles. The van der Waals surface area contributed by atoms with Crippen LogP contribution in [0.2, 0.25) is 0 Å². The summed E-state index contributed by atoms with van der Waals surface area (Å²) in [5.41, 5.74) is 0. The zero-order valence-electron chi connectivity index (χ0n) is 7.19. The Hall–Kier alpha value is -0.273. The second kappa shape index (κ2) is 3.93. The van der Waals surface area contributed by atoms with E-state index in [2.05, 4.69) is 0 Å². The molecule has 5 heteroatoms. The van der Waals surface area contributed by atoms with Gasteiger partial charge in [-0.25, -0.2) is 13.6 Å². The summed E-state index contributed by atoms with van der Waals surface area (Å²) in [5.74, 6) is 0. The number of benzene rings is 1. The third-order valence-corrected chi connectivity index (χ3v) is 2.00. The van der Waals surface area contributed by atoms with E-state index in [0.717, 1.165) is 0 Å². The first kappa shape index (κ1) is 10.7. The fourth-order valence-corrected chi connectivity index (χ4v) is 1.15. The van der Waals surface area contributed by atoms with Crippen LogP contribution in [0, 0.1) is 0 Å². The van der Waals surface area contributed by atoms with E-state index in [4.69, 9.17) is 5.14 Å². The Balaban J connectivity index is 0. The molecule has 0 heterocycles. The number of nitrogens with two attached hydrogens (primary N) is 1. The van der Waals surface area contributed by atoms with Gasteiger partial charge in [0.15, 0.2) is 0 Å². The Morgan fingerprint density at radius 3 is 1.91 bits per heavy atom. The number of primary sulfonamides is 1. The van der Waals surface area contributed by atoms with Crippen molar-refractivity contribution in [2.24, 2.45) is 5.14 Å². The van der Waals surface area contributed by atoms with Crippen LogP contribution >= 0.6 is 0 Å². The maximum atomic E-state index is 10.6. The molecule has 56 valence electrons. The van der Waals surface area contributed by atoms with Gasteiger partial charge in [0.2, 0.25) is 10.0 Å². The molecule has 0 saturated carbocycles. The van der Waals surface area contributed by atoms with Crippen LogP contribution in [0.3, 0.4) is 0 Å². The van der Waals surface area contributed by atoms with Crippen LogP contribution in [-0.4, -0.2) is 8.42 Å². The molecule has 1 aromatic rings. The first-order valence-electron chi connectivity index (χ1n) is 2.68. The Labute approximate surface area is 79.3 Å². The van der Waals surface area contributed by atoms with Crippen molar-refractivity contribution in [3.63, 3.8) is 0 Å². The first-order valence-corrected chi connectivity index (χ1v) is 4.23. The van der Waals surface area contributed by atoms with Crippen molar-refractivity contribution in [3.8, 4) is 0 Å². The second-order valence-corrected chi connectivity index (χ2v) is 3.42. The quantitative estimate of drug-likeness (QED) is 0.466. The molecule has 0 atom stereocenters. The van der Waals surface area contributed by atoms with Gasteiger partial charge in [-0.15, -0.1) is 0 Å². The Morgan fingerprint density at radius 1 is 1.18 bits per heavy atom. The maximum Gasteiger partial charge on any atom is 1.00 e. The van der Waals surface area contributed by atoms with Crippen LogP contribution in [0.4, 0.5) is 0 Å². The van der Waals surface area contributed by atoms with Crippen LogP contribution in [-0.2, 0) is 10.0 Å². The van der Waals surface area contributed by atoms with E-state index in [0.29, 0.717) is 0 Å². The monoisotopic (exact) mass is 165 g/mol. The molecular formula is C6H8LiNO2S. The minimum absolute atomic E-state index is 0. The van der Waals surface area contributed by atoms with Crippen LogP contribution in [0.15, 0.2) is 35.2 Å². The van der Waals surface area contributed by atoms with E-state index < -0.39 is 10.0 Å². The van der Waals surface area contributed by atoms with E-state index in [1.165, 1.54) is 12.1 Å². The third kappa shape index (κ3) is 3.08. The summed E-state index contributed by atoms with van der Waals surface area (Å²) < 4.78 is 21.2. The second-order valence-electron chi connectivity index (χ2n) is 1.86. The zero-order valence-corrected chi connectivity index (χ0v) is 7.01. The Kier molecular flexibility index (Phi) is 3.83. The SMILES string of the molecule is NS(=O)(=O)c1ccccc1.[H-].[Li+]. The van der Waals surface area contributed by atoms with E-state index in [-0.39, 0.29) is 25.2 Å². The van der Waals surface area contributed by atoms with Crippen molar-refractivity contribution in [1.82, 2.24) is 0 Å². The molecule has 0 unspecified atom stereocenters. The molecule has 3 nitrogen and oxygen atoms in total. The summed E-state index contributed by atoms with van der Waals surface area (Å²) in [5, 5.41) is 4.83. The van der Waals surface area contributed by atoms with Crippen molar-refractivity contribution in [2.45, 2.75) is 4.90 Å². The van der Waals surface area contributed by atoms with Crippen molar-refractivity contribution >= 4 is 10.0 Å². The summed E-state index contributed by atoms with van der Waals surface area (Å²) >= 11 is 0. The molecule has 11 heavy (non-hydrogen) atoms. The predicted octanol–water partition coefficient (Wildman–Crippen LogP) is -2.55. The van der Waals surface area contributed by atoms with Crippen LogP contribution in [0.1, 0.15) is 1.43 Å². The average Bonchev–Trinajstić information content (AvgIpc) is 1.88. The maximum absolute atomic E-state index is 10.6. The van der Waals surface area contributed by atoms with Gasteiger partial charge in [-0.1, -0.05) is 18.2 Å². The molecule has 0 aliphatic rings. The average molecular weight is 165 g/mol. The van der Waals surface area contributed by atoms with Crippen molar-refractivity contribution in [3.05, 3.63) is 30.3 Å². The van der Waals surface area contributed by atoms with Crippen molar-refractivity contribution in [2.75, 3.05) is 0 Å². The fourth-order valence-electron chi connectivity index (χ4n) is 0.610. The summed E-state index contributed by atoms with van der Waals surface area (Å²) in [6.45, 7) is 0. The van der Waals surface area contributed by atoms with Gasteiger partial charge in [0.05, 0.1) is 4.90 Å². The van der Waals surface area contributed by atoms with Crippen LogP contribution in [0.25, 0.3) is 0 Å². The van der Waals surface area contributed by atoms with Gasteiger partial charge in [-0.3, -0.25) is 0 Å². The molecule has 2 N–H and O–H groups in total. The molecular weight excluding hydrogens is 157 g/mol. The summed E-state index contributed by atoms with van der Waals surface area (Å²) in [7, 11) is -3.50. The summed E-state index contributed by atoms with van der Waals surface area (Å²) in [4.78, 5) is 0.148. The third-order valence-electron chi connectivity index (χ3n) is 1.07. The number of hydrogen-bond donors (Lipinski definition) is 1. The van der Waals surface area contributed by atoms with E-state index in [9.17, 15) is 8.42 Å². The topological polar surface area (TPSA) is 60.2 Å². The van der Waals surface area contributed by atoms with Gasteiger partial charge < -0.3 is 1.43 Å². The minimum atomic E-state index is -3.50. The molecule has 0 aliphatic carbocycles. The van der Waals surface area contributed by atoms with E-state index in [1.807, 2.05) is 0 Å². The van der Waals surface area contributed by atoms with Crippen LogP contribution < -0.4 is 24.0 Å². The Bertz CT molecular complexity index is 314. The molecule has 0 amide bonds. The van der Waals surface area contributed by atoms with Gasteiger partial charge in [-0.05, 0) is 12.1 Å². The molecule has 1 aromatic carbocycles. The number of rotatable bonds is 1. The van der Waals surface area contributed by atoms with Gasteiger partial charge in [0, 0.05) is 0 Å². The van der Waals surface area contributed by atoms with Gasteiger partial charge in [-0.2, -0.15) is 0 Å². The largest absolute Gasteiger partial charge is 1.00 e. The molecule has 0 aliphatic heterocycles. The van der Waals surface area contributed by atoms with Gasteiger partial charge in [0.25, 0.3) is 0 Å². The number of hydrogen-bond acceptors (Lipinski definition) is 2.